The van der Waals surface area contributed by atoms with Crippen molar-refractivity contribution >= 4 is 21.9 Å². The Morgan fingerprint density at radius 3 is 2.25 bits per heavy atom. The number of rotatable bonds is 5. The first kappa shape index (κ1) is 13.3. The van der Waals surface area contributed by atoms with Crippen LogP contribution >= 0.6 is 15.9 Å². The largest absolute Gasteiger partial charge is 0.396 e. The first-order chi connectivity index (χ1) is 7.50. The number of nitrogens with zero attached hydrogens (tertiary/aromatic N) is 3. The van der Waals surface area contributed by atoms with E-state index in [0.717, 1.165) is 4.47 Å². The maximum atomic E-state index is 9.19. The summed E-state index contributed by atoms with van der Waals surface area (Å²) in [7, 11) is 1.83. The van der Waals surface area contributed by atoms with Gasteiger partial charge in [-0.15, -0.1) is 0 Å². The summed E-state index contributed by atoms with van der Waals surface area (Å²) in [4.78, 5) is 10.1. The molecule has 0 radical (unpaired) electrons. The van der Waals surface area contributed by atoms with Gasteiger partial charge >= 0.3 is 0 Å². The summed E-state index contributed by atoms with van der Waals surface area (Å²) in [5.41, 5.74) is -0.550. The van der Waals surface area contributed by atoms with Crippen LogP contribution in [-0.2, 0) is 0 Å². The number of aromatic nitrogens is 2. The topological polar surface area (TPSA) is 69.5 Å². The molecule has 1 aromatic heterocycles. The highest BCUT2D eigenvalue weighted by molar-refractivity contribution is 9.10. The molecule has 0 bridgehead atoms. The molecule has 1 aromatic rings. The van der Waals surface area contributed by atoms with E-state index in [9.17, 15) is 10.2 Å². The molecule has 16 heavy (non-hydrogen) atoms. The van der Waals surface area contributed by atoms with E-state index in [0.29, 0.717) is 12.5 Å². The number of anilines is 1. The zero-order valence-electron chi connectivity index (χ0n) is 9.39. The Morgan fingerprint density at radius 1 is 1.31 bits per heavy atom. The summed E-state index contributed by atoms with van der Waals surface area (Å²) in [6.45, 7) is 2.14. The molecule has 90 valence electrons. The predicted octanol–water partition coefficient (Wildman–Crippen LogP) is 0.666. The fourth-order valence-corrected chi connectivity index (χ4v) is 1.50. The molecule has 0 aliphatic carbocycles. The lowest BCUT2D eigenvalue weighted by molar-refractivity contribution is 0.0760. The zero-order valence-corrected chi connectivity index (χ0v) is 11.0. The van der Waals surface area contributed by atoms with E-state index < -0.39 is 5.41 Å². The van der Waals surface area contributed by atoms with Crippen molar-refractivity contribution in [3.8, 4) is 0 Å². The van der Waals surface area contributed by atoms with Gasteiger partial charge in [0.05, 0.1) is 17.7 Å². The lowest BCUT2D eigenvalue weighted by atomic mass is 9.92. The van der Waals surface area contributed by atoms with Gasteiger partial charge in [0.2, 0.25) is 5.95 Å². The maximum Gasteiger partial charge on any atom is 0.225 e. The van der Waals surface area contributed by atoms with Crippen molar-refractivity contribution < 1.29 is 10.2 Å². The Bertz CT molecular complexity index is 327. The molecule has 0 atom stereocenters. The highest BCUT2D eigenvalue weighted by Gasteiger charge is 2.25. The van der Waals surface area contributed by atoms with Crippen LogP contribution in [0.5, 0.6) is 0 Å². The lowest BCUT2D eigenvalue weighted by Gasteiger charge is -2.30. The van der Waals surface area contributed by atoms with Gasteiger partial charge in [-0.25, -0.2) is 9.97 Å². The maximum absolute atomic E-state index is 9.19. The van der Waals surface area contributed by atoms with Crippen molar-refractivity contribution in [1.29, 1.82) is 0 Å². The Hall–Kier alpha value is -0.720. The number of aliphatic hydroxyl groups is 2. The molecule has 1 heterocycles. The van der Waals surface area contributed by atoms with Crippen LogP contribution in [0.3, 0.4) is 0 Å². The molecule has 0 aromatic carbocycles. The van der Waals surface area contributed by atoms with E-state index in [2.05, 4.69) is 25.9 Å². The normalized spacial score (nSPS) is 11.6. The smallest absolute Gasteiger partial charge is 0.225 e. The Labute approximate surface area is 103 Å². The van der Waals surface area contributed by atoms with Gasteiger partial charge in [0.25, 0.3) is 0 Å². The summed E-state index contributed by atoms with van der Waals surface area (Å²) in [5.74, 6) is 0.566. The van der Waals surface area contributed by atoms with E-state index in [1.165, 1.54) is 0 Å². The van der Waals surface area contributed by atoms with E-state index in [-0.39, 0.29) is 13.2 Å². The van der Waals surface area contributed by atoms with E-state index in [4.69, 9.17) is 0 Å². The first-order valence-electron chi connectivity index (χ1n) is 4.91. The molecule has 0 saturated heterocycles. The Balaban J connectivity index is 2.71. The van der Waals surface area contributed by atoms with Gasteiger partial charge in [-0.2, -0.15) is 0 Å². The highest BCUT2D eigenvalue weighted by Crippen LogP contribution is 2.18. The van der Waals surface area contributed by atoms with Gasteiger partial charge in [0.1, 0.15) is 0 Å². The van der Waals surface area contributed by atoms with Crippen LogP contribution in [0.25, 0.3) is 0 Å². The summed E-state index contributed by atoms with van der Waals surface area (Å²) >= 11 is 3.26. The van der Waals surface area contributed by atoms with Crippen LogP contribution in [0.1, 0.15) is 6.92 Å². The van der Waals surface area contributed by atoms with Crippen LogP contribution in [0.2, 0.25) is 0 Å². The number of hydrogen-bond acceptors (Lipinski definition) is 5. The molecule has 0 aliphatic heterocycles. The molecule has 0 unspecified atom stereocenters. The lowest BCUT2D eigenvalue weighted by Crippen LogP contribution is -2.39. The number of aliphatic hydroxyl groups excluding tert-OH is 2. The van der Waals surface area contributed by atoms with E-state index >= 15 is 0 Å². The minimum atomic E-state index is -0.550. The molecule has 0 saturated carbocycles. The standard InChI is InChI=1S/C10H16BrN3O2/c1-10(6-15,7-16)5-14(2)9-12-3-8(11)4-13-9/h3-4,15-16H,5-7H2,1-2H3. The minimum absolute atomic E-state index is 0.0790. The Morgan fingerprint density at radius 2 is 1.81 bits per heavy atom. The van der Waals surface area contributed by atoms with Crippen molar-refractivity contribution in [3.63, 3.8) is 0 Å². The van der Waals surface area contributed by atoms with Gasteiger partial charge in [-0.05, 0) is 15.9 Å². The molecule has 0 amide bonds. The summed E-state index contributed by atoms with van der Waals surface area (Å²) in [6.07, 6.45) is 3.32. The third-order valence-corrected chi connectivity index (χ3v) is 2.74. The second-order valence-corrected chi connectivity index (χ2v) is 5.10. The monoisotopic (exact) mass is 289 g/mol. The van der Waals surface area contributed by atoms with Crippen LogP contribution in [0, 0.1) is 5.41 Å². The van der Waals surface area contributed by atoms with Crippen molar-refractivity contribution in [2.24, 2.45) is 5.41 Å². The average molecular weight is 290 g/mol. The molecule has 5 nitrogen and oxygen atoms in total. The molecule has 0 spiro atoms. The van der Waals surface area contributed by atoms with Crippen LogP contribution in [0.4, 0.5) is 5.95 Å². The molecular weight excluding hydrogens is 274 g/mol. The fraction of sp³-hybridized carbons (Fsp3) is 0.600. The van der Waals surface area contributed by atoms with Crippen molar-refractivity contribution in [1.82, 2.24) is 9.97 Å². The highest BCUT2D eigenvalue weighted by atomic mass is 79.9. The van der Waals surface area contributed by atoms with Crippen molar-refractivity contribution in [2.75, 3.05) is 31.7 Å². The van der Waals surface area contributed by atoms with E-state index in [1.807, 2.05) is 14.0 Å². The van der Waals surface area contributed by atoms with Crippen molar-refractivity contribution in [3.05, 3.63) is 16.9 Å². The average Bonchev–Trinajstić information content (AvgIpc) is 2.29. The third kappa shape index (κ3) is 3.40. The first-order valence-corrected chi connectivity index (χ1v) is 5.70. The molecule has 1 rings (SSSR count). The van der Waals surface area contributed by atoms with Crippen LogP contribution in [-0.4, -0.2) is 47.0 Å². The van der Waals surface area contributed by atoms with Gasteiger partial charge in [0, 0.05) is 31.4 Å². The van der Waals surface area contributed by atoms with Gasteiger partial charge in [0.15, 0.2) is 0 Å². The zero-order chi connectivity index (χ0) is 12.2. The number of halogens is 1. The van der Waals surface area contributed by atoms with Crippen LogP contribution in [0.15, 0.2) is 16.9 Å². The summed E-state index contributed by atoms with van der Waals surface area (Å²) in [5, 5.41) is 18.4. The summed E-state index contributed by atoms with van der Waals surface area (Å²) < 4.78 is 0.816. The molecular formula is C10H16BrN3O2. The molecule has 0 aliphatic rings. The molecule has 2 N–H and O–H groups in total. The predicted molar refractivity (Wildman–Crippen MR) is 65.3 cm³/mol. The quantitative estimate of drug-likeness (QED) is 0.834. The third-order valence-electron chi connectivity index (χ3n) is 2.33. The van der Waals surface area contributed by atoms with Gasteiger partial charge in [-0.1, -0.05) is 6.92 Å². The van der Waals surface area contributed by atoms with Crippen LogP contribution < -0.4 is 4.90 Å². The summed E-state index contributed by atoms with van der Waals surface area (Å²) in [6, 6.07) is 0. The molecule has 0 fully saturated rings. The molecule has 6 heteroatoms. The fourth-order valence-electron chi connectivity index (χ4n) is 1.30. The van der Waals surface area contributed by atoms with Crippen molar-refractivity contribution in [2.45, 2.75) is 6.92 Å². The second kappa shape index (κ2) is 5.56. The second-order valence-electron chi connectivity index (χ2n) is 4.18. The van der Waals surface area contributed by atoms with Gasteiger partial charge in [-0.3, -0.25) is 0 Å². The van der Waals surface area contributed by atoms with Gasteiger partial charge < -0.3 is 15.1 Å². The van der Waals surface area contributed by atoms with E-state index in [1.54, 1.807) is 17.3 Å². The minimum Gasteiger partial charge on any atom is -0.396 e. The Kier molecular flexibility index (Phi) is 4.64. The number of hydrogen-bond donors (Lipinski definition) is 2. The SMILES string of the molecule is CN(CC(C)(CO)CO)c1ncc(Br)cn1.